The van der Waals surface area contributed by atoms with Gasteiger partial charge in [-0.1, -0.05) is 41.1 Å². The third kappa shape index (κ3) is 2.84. The van der Waals surface area contributed by atoms with Gasteiger partial charge in [-0.3, -0.25) is 4.79 Å². The van der Waals surface area contributed by atoms with E-state index in [0.29, 0.717) is 6.42 Å². The Morgan fingerprint density at radius 3 is 2.79 bits per heavy atom. The molecular weight excluding hydrogens is 306 g/mol. The monoisotopic (exact) mass is 323 g/mol. The second-order valence-corrected chi connectivity index (χ2v) is 5.43. The number of aryl methyl sites for hydroxylation is 1. The summed E-state index contributed by atoms with van der Waals surface area (Å²) in [4.78, 5) is 11.4. The van der Waals surface area contributed by atoms with Crippen LogP contribution in [0.25, 0.3) is 10.9 Å². The van der Waals surface area contributed by atoms with Crippen LogP contribution in [0.3, 0.4) is 0 Å². The number of hydrogen-bond acceptors (Lipinski definition) is 1. The highest BCUT2D eigenvalue weighted by Gasteiger charge is 2.22. The molecule has 2 aromatic rings. The topological polar surface area (TPSA) is 42.2 Å². The summed E-state index contributed by atoms with van der Waals surface area (Å²) in [6.45, 7) is 2.82. The highest BCUT2D eigenvalue weighted by molar-refractivity contribution is 9.09. The summed E-state index contributed by atoms with van der Waals surface area (Å²) in [5.41, 5.74) is 2.05. The fraction of sp³-hybridized carbons (Fsp3) is 0.400. The maximum atomic E-state index is 11.4. The number of nitrogens with zero attached hydrogens (tertiary/aromatic N) is 1. The van der Waals surface area contributed by atoms with Crippen LogP contribution >= 0.6 is 15.9 Å². The summed E-state index contributed by atoms with van der Waals surface area (Å²) >= 11 is 3.44. The van der Waals surface area contributed by atoms with Crippen LogP contribution in [0, 0.1) is 0 Å². The molecule has 0 amide bonds. The molecule has 4 heteroatoms. The van der Waals surface area contributed by atoms with E-state index in [4.69, 9.17) is 0 Å². The third-order valence-electron chi connectivity index (χ3n) is 3.43. The van der Waals surface area contributed by atoms with Crippen molar-refractivity contribution >= 4 is 32.8 Å². The molecule has 0 spiro atoms. The summed E-state index contributed by atoms with van der Waals surface area (Å²) in [5, 5.41) is 11.4. The fourth-order valence-electron chi connectivity index (χ4n) is 2.50. The van der Waals surface area contributed by atoms with Gasteiger partial charge in [0.1, 0.15) is 0 Å². The molecule has 1 aromatic heterocycles. The first kappa shape index (κ1) is 14.1. The van der Waals surface area contributed by atoms with E-state index in [-0.39, 0.29) is 0 Å². The van der Waals surface area contributed by atoms with Crippen molar-refractivity contribution in [3.05, 3.63) is 36.0 Å². The lowest BCUT2D eigenvalue weighted by Crippen LogP contribution is -2.10. The number of hydrogen-bond donors (Lipinski definition) is 1. The van der Waals surface area contributed by atoms with Gasteiger partial charge in [0.2, 0.25) is 0 Å². The molecule has 1 unspecified atom stereocenters. The Bertz CT molecular complexity index is 577. The number of carboxylic acid groups (broad SMARTS) is 1. The lowest BCUT2D eigenvalue weighted by molar-refractivity contribution is -0.138. The molecule has 0 bridgehead atoms. The minimum Gasteiger partial charge on any atom is -0.481 e. The Balaban J connectivity index is 2.51. The summed E-state index contributed by atoms with van der Waals surface area (Å²) < 4.78 is 2.16. The van der Waals surface area contributed by atoms with Crippen LogP contribution in [-0.4, -0.2) is 21.0 Å². The van der Waals surface area contributed by atoms with Crippen LogP contribution < -0.4 is 0 Å². The van der Waals surface area contributed by atoms with Crippen molar-refractivity contribution < 1.29 is 9.90 Å². The molecule has 0 saturated heterocycles. The van der Waals surface area contributed by atoms with E-state index in [9.17, 15) is 9.90 Å². The van der Waals surface area contributed by atoms with Gasteiger partial charge < -0.3 is 9.67 Å². The van der Waals surface area contributed by atoms with E-state index in [1.54, 1.807) is 0 Å². The van der Waals surface area contributed by atoms with Gasteiger partial charge in [-0.05, 0) is 24.5 Å². The van der Waals surface area contributed by atoms with E-state index in [0.717, 1.165) is 34.8 Å². The van der Waals surface area contributed by atoms with Crippen LogP contribution in [0.5, 0.6) is 0 Å². The van der Waals surface area contributed by atoms with Gasteiger partial charge in [0, 0.05) is 29.0 Å². The number of benzene rings is 1. The summed E-state index contributed by atoms with van der Waals surface area (Å²) in [7, 11) is 0. The van der Waals surface area contributed by atoms with Crippen molar-refractivity contribution in [2.75, 3.05) is 5.33 Å². The zero-order chi connectivity index (χ0) is 13.8. The van der Waals surface area contributed by atoms with E-state index in [2.05, 4.69) is 26.6 Å². The quantitative estimate of drug-likeness (QED) is 0.816. The van der Waals surface area contributed by atoms with Crippen LogP contribution in [0.15, 0.2) is 30.5 Å². The van der Waals surface area contributed by atoms with Crippen molar-refractivity contribution in [3.8, 4) is 0 Å². The zero-order valence-corrected chi connectivity index (χ0v) is 12.6. The molecule has 0 saturated carbocycles. The predicted molar refractivity (Wildman–Crippen MR) is 81.0 cm³/mol. The molecule has 0 aliphatic rings. The first-order valence-electron chi connectivity index (χ1n) is 6.55. The van der Waals surface area contributed by atoms with Gasteiger partial charge in [0.25, 0.3) is 0 Å². The Hall–Kier alpha value is -1.29. The fourth-order valence-corrected chi connectivity index (χ4v) is 2.75. The average molecular weight is 324 g/mol. The molecule has 1 atom stereocenters. The first-order valence-corrected chi connectivity index (χ1v) is 7.67. The molecule has 0 aliphatic carbocycles. The minimum absolute atomic E-state index is 0.421. The summed E-state index contributed by atoms with van der Waals surface area (Å²) in [6.07, 6.45) is 3.65. The van der Waals surface area contributed by atoms with E-state index in [1.807, 2.05) is 31.3 Å². The summed E-state index contributed by atoms with van der Waals surface area (Å²) in [6, 6.07) is 8.04. The lowest BCUT2D eigenvalue weighted by atomic mass is 9.96. The van der Waals surface area contributed by atoms with Crippen LogP contribution in [0.4, 0.5) is 0 Å². The number of rotatable bonds is 6. The molecule has 3 nitrogen and oxygen atoms in total. The van der Waals surface area contributed by atoms with Gasteiger partial charge in [-0.25, -0.2) is 0 Å². The van der Waals surface area contributed by atoms with Crippen molar-refractivity contribution in [2.24, 2.45) is 0 Å². The van der Waals surface area contributed by atoms with E-state index >= 15 is 0 Å². The minimum atomic E-state index is -0.745. The van der Waals surface area contributed by atoms with Crippen LogP contribution in [0.2, 0.25) is 0 Å². The molecule has 1 heterocycles. The molecule has 19 heavy (non-hydrogen) atoms. The highest BCUT2D eigenvalue weighted by atomic mass is 79.9. The van der Waals surface area contributed by atoms with Gasteiger partial charge in [-0.2, -0.15) is 0 Å². The maximum Gasteiger partial charge on any atom is 0.311 e. The number of para-hydroxylation sites is 1. The normalized spacial score (nSPS) is 12.7. The molecule has 1 aromatic carbocycles. The number of halogens is 1. The number of aromatic nitrogens is 1. The molecule has 102 valence electrons. The Labute approximate surface area is 121 Å². The zero-order valence-electron chi connectivity index (χ0n) is 11.0. The largest absolute Gasteiger partial charge is 0.481 e. The Morgan fingerprint density at radius 1 is 1.42 bits per heavy atom. The molecule has 0 aliphatic heterocycles. The van der Waals surface area contributed by atoms with Crippen molar-refractivity contribution in [3.63, 3.8) is 0 Å². The molecular formula is C15H18BrNO2. The number of aliphatic carboxylic acids is 1. The SMILES string of the molecule is CCC(C(=O)O)c1cn(CCCBr)c2ccccc12. The number of alkyl halides is 1. The highest BCUT2D eigenvalue weighted by Crippen LogP contribution is 2.30. The molecule has 1 N–H and O–H groups in total. The standard InChI is InChI=1S/C15H18BrNO2/c1-2-11(15(18)19)13-10-17(9-5-8-16)14-7-4-3-6-12(13)14/h3-4,6-7,10-11H,2,5,8-9H2,1H3,(H,18,19). The van der Waals surface area contributed by atoms with E-state index < -0.39 is 11.9 Å². The second kappa shape index (κ2) is 6.24. The number of carboxylic acids is 1. The number of fused-ring (bicyclic) bond motifs is 1. The van der Waals surface area contributed by atoms with Gasteiger partial charge >= 0.3 is 5.97 Å². The van der Waals surface area contributed by atoms with Gasteiger partial charge in [0.15, 0.2) is 0 Å². The maximum absolute atomic E-state index is 11.4. The van der Waals surface area contributed by atoms with Crippen LogP contribution in [0.1, 0.15) is 31.2 Å². The Kier molecular flexibility index (Phi) is 4.64. The average Bonchev–Trinajstić information content (AvgIpc) is 2.76. The van der Waals surface area contributed by atoms with Crippen molar-refractivity contribution in [1.29, 1.82) is 0 Å². The van der Waals surface area contributed by atoms with Crippen molar-refractivity contribution in [2.45, 2.75) is 32.2 Å². The first-order chi connectivity index (χ1) is 9.19. The number of carbonyl (C=O) groups is 1. The van der Waals surface area contributed by atoms with Gasteiger partial charge in [-0.15, -0.1) is 0 Å². The van der Waals surface area contributed by atoms with Crippen LogP contribution in [-0.2, 0) is 11.3 Å². The van der Waals surface area contributed by atoms with E-state index in [1.165, 1.54) is 0 Å². The lowest BCUT2D eigenvalue weighted by Gasteiger charge is -2.07. The molecule has 2 rings (SSSR count). The smallest absolute Gasteiger partial charge is 0.311 e. The summed E-state index contributed by atoms with van der Waals surface area (Å²) in [5.74, 6) is -1.17. The Morgan fingerprint density at radius 2 is 2.16 bits per heavy atom. The van der Waals surface area contributed by atoms with Crippen molar-refractivity contribution in [1.82, 2.24) is 4.57 Å². The second-order valence-electron chi connectivity index (χ2n) is 4.64. The molecule has 0 radical (unpaired) electrons. The predicted octanol–water partition coefficient (Wildman–Crippen LogP) is 4.00. The van der Waals surface area contributed by atoms with Gasteiger partial charge in [0.05, 0.1) is 5.92 Å². The molecule has 0 fully saturated rings. The third-order valence-corrected chi connectivity index (χ3v) is 3.99.